The van der Waals surface area contributed by atoms with Crippen molar-refractivity contribution in [1.82, 2.24) is 0 Å². The van der Waals surface area contributed by atoms with Gasteiger partial charge in [-0.1, -0.05) is 41.6 Å². The first-order chi connectivity index (χ1) is 9.99. The lowest BCUT2D eigenvalue weighted by molar-refractivity contribution is 0.102. The molecule has 0 saturated carbocycles. The Labute approximate surface area is 138 Å². The smallest absolute Gasteiger partial charge is 0.288 e. The molecule has 2 nitrogen and oxygen atoms in total. The zero-order valence-electron chi connectivity index (χ0n) is 10.4. The van der Waals surface area contributed by atoms with E-state index >= 15 is 0 Å². The predicted octanol–water partition coefficient (Wildman–Crippen LogP) is 5.67. The minimum absolute atomic E-state index is 0.267. The molecule has 7 heteroatoms. The number of anilines is 1. The molecule has 110 valence electrons. The highest BCUT2D eigenvalue weighted by molar-refractivity contribution is 9.10. The molecule has 0 radical (unpaired) electrons. The zero-order chi connectivity index (χ0) is 15.4. The first-order valence-corrected chi connectivity index (χ1v) is 7.83. The number of carbonyl (C=O) groups excluding carboxylic acids is 1. The lowest BCUT2D eigenvalue weighted by Crippen LogP contribution is -2.13. The quantitative estimate of drug-likeness (QED) is 0.679. The fourth-order valence-electron chi connectivity index (χ4n) is 1.64. The van der Waals surface area contributed by atoms with Crippen LogP contribution in [0.2, 0.25) is 5.02 Å². The number of hydrogen-bond acceptors (Lipinski definition) is 2. The van der Waals surface area contributed by atoms with Gasteiger partial charge in [-0.05, 0) is 40.2 Å². The lowest BCUT2D eigenvalue weighted by Gasteiger charge is -2.11. The van der Waals surface area contributed by atoms with Crippen LogP contribution in [0.25, 0.3) is 0 Å². The zero-order valence-corrected chi connectivity index (χ0v) is 13.6. The van der Waals surface area contributed by atoms with Gasteiger partial charge < -0.3 is 5.32 Å². The Bertz CT molecular complexity index is 669. The Morgan fingerprint density at radius 2 is 1.90 bits per heavy atom. The summed E-state index contributed by atoms with van der Waals surface area (Å²) in [6, 6.07) is 11.3. The van der Waals surface area contributed by atoms with Crippen LogP contribution in [0.15, 0.2) is 51.8 Å². The highest BCUT2D eigenvalue weighted by Gasteiger charge is 2.15. The number of hydrogen-bond donors (Lipinski definition) is 1. The number of para-hydroxylation sites is 1. The van der Waals surface area contributed by atoms with Crippen LogP contribution in [-0.2, 0) is 0 Å². The van der Waals surface area contributed by atoms with Gasteiger partial charge in [0, 0.05) is 9.37 Å². The molecule has 0 heterocycles. The molecule has 0 aliphatic rings. The maximum atomic E-state index is 12.5. The summed E-state index contributed by atoms with van der Waals surface area (Å²) < 4.78 is 25.6. The third-order valence-corrected chi connectivity index (χ3v) is 4.63. The van der Waals surface area contributed by atoms with Gasteiger partial charge in [0.05, 0.1) is 16.3 Å². The first kappa shape index (κ1) is 16.3. The Morgan fingerprint density at radius 1 is 1.19 bits per heavy atom. The molecule has 1 amide bonds. The van der Waals surface area contributed by atoms with Crippen LogP contribution in [0.5, 0.6) is 0 Å². The molecule has 0 unspecified atom stereocenters. The highest BCUT2D eigenvalue weighted by Crippen LogP contribution is 2.32. The van der Waals surface area contributed by atoms with Gasteiger partial charge in [0.15, 0.2) is 0 Å². The number of nitrogens with one attached hydrogen (secondary N) is 1. The Kier molecular flexibility index (Phi) is 5.61. The number of carbonyl (C=O) groups is 1. The van der Waals surface area contributed by atoms with Crippen LogP contribution in [0.1, 0.15) is 10.4 Å². The molecule has 0 aromatic heterocycles. The average molecular weight is 393 g/mol. The van der Waals surface area contributed by atoms with E-state index in [4.69, 9.17) is 11.6 Å². The molecule has 21 heavy (non-hydrogen) atoms. The second-order valence-electron chi connectivity index (χ2n) is 3.93. The summed E-state index contributed by atoms with van der Waals surface area (Å²) in [6.45, 7) is 0. The fourth-order valence-corrected chi connectivity index (χ4v) is 2.81. The van der Waals surface area contributed by atoms with Crippen molar-refractivity contribution in [2.24, 2.45) is 0 Å². The van der Waals surface area contributed by atoms with Gasteiger partial charge in [0.25, 0.3) is 11.7 Å². The molecule has 0 atom stereocenters. The van der Waals surface area contributed by atoms with Crippen molar-refractivity contribution in [2.75, 3.05) is 5.32 Å². The van der Waals surface area contributed by atoms with Crippen molar-refractivity contribution in [1.29, 1.82) is 0 Å². The molecule has 2 rings (SSSR count). The highest BCUT2D eigenvalue weighted by atomic mass is 79.9. The van der Waals surface area contributed by atoms with Gasteiger partial charge in [0.2, 0.25) is 0 Å². The van der Waals surface area contributed by atoms with Crippen LogP contribution in [-0.4, -0.2) is 11.7 Å². The van der Waals surface area contributed by atoms with Crippen LogP contribution >= 0.6 is 39.3 Å². The molecule has 2 aromatic carbocycles. The van der Waals surface area contributed by atoms with Gasteiger partial charge in [-0.3, -0.25) is 4.79 Å². The maximum absolute atomic E-state index is 12.5. The lowest BCUT2D eigenvalue weighted by atomic mass is 10.2. The molecular weight excluding hydrogens is 384 g/mol. The standard InChI is InChI=1S/C14H9BrClF2NOS/c15-9-5-3-4-8(12(9)16)13(20)19-10-6-1-2-7-11(10)21-14(17)18/h1-7,14H,(H,19,20). The van der Waals surface area contributed by atoms with E-state index in [1.807, 2.05) is 0 Å². The number of benzene rings is 2. The minimum atomic E-state index is -2.56. The van der Waals surface area contributed by atoms with Crippen molar-refractivity contribution < 1.29 is 13.6 Å². The largest absolute Gasteiger partial charge is 0.321 e. The van der Waals surface area contributed by atoms with E-state index in [9.17, 15) is 13.6 Å². The molecule has 0 aliphatic heterocycles. The molecule has 0 aliphatic carbocycles. The fraction of sp³-hybridized carbons (Fsp3) is 0.0714. The number of rotatable bonds is 4. The van der Waals surface area contributed by atoms with Crippen molar-refractivity contribution in [2.45, 2.75) is 10.7 Å². The molecule has 2 aromatic rings. The molecule has 0 spiro atoms. The van der Waals surface area contributed by atoms with Crippen molar-refractivity contribution in [3.05, 3.63) is 57.5 Å². The number of halogens is 4. The molecule has 0 saturated heterocycles. The second kappa shape index (κ2) is 7.24. The number of thioether (sulfide) groups is 1. The summed E-state index contributed by atoms with van der Waals surface area (Å²) in [6.07, 6.45) is 0. The molecule has 1 N–H and O–H groups in total. The summed E-state index contributed by atoms with van der Waals surface area (Å²) in [5.74, 6) is -3.01. The van der Waals surface area contributed by atoms with Crippen LogP contribution in [0.4, 0.5) is 14.5 Å². The van der Waals surface area contributed by atoms with E-state index < -0.39 is 11.7 Å². The monoisotopic (exact) mass is 391 g/mol. The summed E-state index contributed by atoms with van der Waals surface area (Å²) in [5, 5.41) is 2.87. The van der Waals surface area contributed by atoms with Gasteiger partial charge in [-0.2, -0.15) is 8.78 Å². The second-order valence-corrected chi connectivity index (χ2v) is 6.19. The number of amides is 1. The SMILES string of the molecule is O=C(Nc1ccccc1SC(F)F)c1cccc(Br)c1Cl. The molecule has 0 fully saturated rings. The van der Waals surface area contributed by atoms with E-state index in [1.54, 1.807) is 36.4 Å². The first-order valence-electron chi connectivity index (χ1n) is 5.78. The van der Waals surface area contributed by atoms with Crippen LogP contribution in [0, 0.1) is 0 Å². The average Bonchev–Trinajstić information content (AvgIpc) is 2.43. The van der Waals surface area contributed by atoms with E-state index in [-0.39, 0.29) is 10.6 Å². The summed E-state index contributed by atoms with van der Waals surface area (Å²) in [4.78, 5) is 12.5. The minimum Gasteiger partial charge on any atom is -0.321 e. The Balaban J connectivity index is 2.26. The van der Waals surface area contributed by atoms with Gasteiger partial charge in [-0.15, -0.1) is 0 Å². The Morgan fingerprint density at radius 3 is 2.62 bits per heavy atom. The van der Waals surface area contributed by atoms with Gasteiger partial charge in [0.1, 0.15) is 0 Å². The molecular formula is C14H9BrClF2NOS. The topological polar surface area (TPSA) is 29.1 Å². The summed E-state index contributed by atoms with van der Waals surface area (Å²) in [5.41, 5.74) is 0.590. The third kappa shape index (κ3) is 4.18. The van der Waals surface area contributed by atoms with Gasteiger partial charge in [-0.25, -0.2) is 0 Å². The van der Waals surface area contributed by atoms with E-state index in [0.29, 0.717) is 26.8 Å². The van der Waals surface area contributed by atoms with E-state index in [2.05, 4.69) is 21.2 Å². The van der Waals surface area contributed by atoms with E-state index in [1.165, 1.54) is 6.07 Å². The van der Waals surface area contributed by atoms with Crippen molar-refractivity contribution in [3.63, 3.8) is 0 Å². The normalized spacial score (nSPS) is 10.7. The van der Waals surface area contributed by atoms with Crippen molar-refractivity contribution >= 4 is 50.9 Å². The van der Waals surface area contributed by atoms with Crippen LogP contribution < -0.4 is 5.32 Å². The maximum Gasteiger partial charge on any atom is 0.288 e. The molecule has 0 bridgehead atoms. The third-order valence-electron chi connectivity index (χ3n) is 2.55. The summed E-state index contributed by atoms with van der Waals surface area (Å²) >= 11 is 9.66. The van der Waals surface area contributed by atoms with Gasteiger partial charge >= 0.3 is 0 Å². The summed E-state index contributed by atoms with van der Waals surface area (Å²) in [7, 11) is 0. The number of alkyl halides is 2. The predicted molar refractivity (Wildman–Crippen MR) is 85.4 cm³/mol. The van der Waals surface area contributed by atoms with Crippen molar-refractivity contribution in [3.8, 4) is 0 Å². The Hall–Kier alpha value is -1.11. The van der Waals surface area contributed by atoms with Crippen LogP contribution in [0.3, 0.4) is 0 Å². The van der Waals surface area contributed by atoms with E-state index in [0.717, 1.165) is 0 Å².